The number of likely N-dealkylation sites (tertiary alicyclic amines) is 1. The van der Waals surface area contributed by atoms with Crippen molar-refractivity contribution >= 4 is 6.09 Å². The van der Waals surface area contributed by atoms with E-state index < -0.39 is 5.60 Å². The zero-order chi connectivity index (χ0) is 16.9. The molecule has 0 spiro atoms. The van der Waals surface area contributed by atoms with E-state index in [-0.39, 0.29) is 18.2 Å². The van der Waals surface area contributed by atoms with Crippen LogP contribution in [-0.4, -0.2) is 40.7 Å². The van der Waals surface area contributed by atoms with Crippen molar-refractivity contribution in [2.75, 3.05) is 13.1 Å². The normalized spacial score (nSPS) is 20.2. The van der Waals surface area contributed by atoms with Gasteiger partial charge in [-0.05, 0) is 59.1 Å². The van der Waals surface area contributed by atoms with Crippen LogP contribution in [0.4, 0.5) is 4.79 Å². The van der Waals surface area contributed by atoms with Crippen molar-refractivity contribution < 1.29 is 9.53 Å². The van der Waals surface area contributed by atoms with Crippen LogP contribution in [0.2, 0.25) is 0 Å². The van der Waals surface area contributed by atoms with E-state index in [0.29, 0.717) is 0 Å². The minimum Gasteiger partial charge on any atom is -0.444 e. The highest BCUT2D eigenvalue weighted by Gasteiger charge is 2.30. The van der Waals surface area contributed by atoms with Crippen LogP contribution in [-0.2, 0) is 4.74 Å². The lowest BCUT2D eigenvalue weighted by Gasteiger charge is -2.37. The largest absolute Gasteiger partial charge is 0.444 e. The van der Waals surface area contributed by atoms with E-state index in [1.54, 1.807) is 6.20 Å². The lowest BCUT2D eigenvalue weighted by molar-refractivity contribution is 0.00969. The molecule has 5 nitrogen and oxygen atoms in total. The Bertz CT molecular complexity index is 499. The molecule has 2 unspecified atom stereocenters. The molecule has 0 saturated carbocycles. The van der Waals surface area contributed by atoms with Crippen LogP contribution in [0.15, 0.2) is 24.4 Å². The Morgan fingerprint density at radius 3 is 2.87 bits per heavy atom. The van der Waals surface area contributed by atoms with E-state index in [4.69, 9.17) is 4.74 Å². The highest BCUT2D eigenvalue weighted by molar-refractivity contribution is 5.68. The van der Waals surface area contributed by atoms with Gasteiger partial charge in [-0.25, -0.2) is 4.79 Å². The van der Waals surface area contributed by atoms with E-state index in [2.05, 4.69) is 17.2 Å². The summed E-state index contributed by atoms with van der Waals surface area (Å²) in [4.78, 5) is 18.7. The van der Waals surface area contributed by atoms with Gasteiger partial charge in [-0.15, -0.1) is 0 Å². The van der Waals surface area contributed by atoms with E-state index in [9.17, 15) is 4.79 Å². The van der Waals surface area contributed by atoms with E-state index in [1.165, 1.54) is 0 Å². The van der Waals surface area contributed by atoms with Crippen molar-refractivity contribution in [3.8, 4) is 0 Å². The number of ether oxygens (including phenoxy) is 1. The van der Waals surface area contributed by atoms with Gasteiger partial charge >= 0.3 is 6.09 Å². The molecule has 0 radical (unpaired) electrons. The molecule has 2 rings (SSSR count). The molecular weight excluding hydrogens is 290 g/mol. The number of nitrogens with one attached hydrogen (secondary N) is 1. The summed E-state index contributed by atoms with van der Waals surface area (Å²) in [6.45, 7) is 9.36. The van der Waals surface area contributed by atoms with Gasteiger partial charge in [-0.1, -0.05) is 6.07 Å². The van der Waals surface area contributed by atoms with Gasteiger partial charge in [0, 0.05) is 31.4 Å². The van der Waals surface area contributed by atoms with Crippen molar-refractivity contribution in [1.29, 1.82) is 0 Å². The molecule has 1 amide bonds. The second kappa shape index (κ2) is 7.77. The average molecular weight is 319 g/mol. The van der Waals surface area contributed by atoms with Crippen LogP contribution in [0.3, 0.4) is 0 Å². The fraction of sp³-hybridized carbons (Fsp3) is 0.667. The molecule has 1 aliphatic heterocycles. The van der Waals surface area contributed by atoms with E-state index in [1.807, 2.05) is 43.9 Å². The Labute approximate surface area is 139 Å². The predicted octanol–water partition coefficient (Wildman–Crippen LogP) is 3.52. The fourth-order valence-corrected chi connectivity index (χ4v) is 2.82. The minimum atomic E-state index is -0.451. The summed E-state index contributed by atoms with van der Waals surface area (Å²) in [5.74, 6) is 0. The lowest BCUT2D eigenvalue weighted by atomic mass is 10.0. The second-order valence-corrected chi connectivity index (χ2v) is 7.21. The molecular formula is C18H29N3O2. The van der Waals surface area contributed by atoms with Gasteiger partial charge in [0.2, 0.25) is 0 Å². The number of hydrogen-bond acceptors (Lipinski definition) is 4. The molecule has 1 aliphatic rings. The van der Waals surface area contributed by atoms with Crippen LogP contribution in [0.5, 0.6) is 0 Å². The van der Waals surface area contributed by atoms with Gasteiger partial charge in [0.05, 0.1) is 5.69 Å². The number of amides is 1. The van der Waals surface area contributed by atoms with Crippen LogP contribution in [0.25, 0.3) is 0 Å². The molecule has 1 aromatic rings. The van der Waals surface area contributed by atoms with Crippen LogP contribution < -0.4 is 5.32 Å². The summed E-state index contributed by atoms with van der Waals surface area (Å²) in [6.07, 6.45) is 4.83. The number of aromatic nitrogens is 1. The van der Waals surface area contributed by atoms with Crippen LogP contribution in [0.1, 0.15) is 58.7 Å². The first-order valence-electron chi connectivity index (χ1n) is 8.51. The first kappa shape index (κ1) is 17.7. The Balaban J connectivity index is 1.92. The molecule has 0 aromatic carbocycles. The summed E-state index contributed by atoms with van der Waals surface area (Å²) in [7, 11) is 0. The Morgan fingerprint density at radius 2 is 2.22 bits per heavy atom. The highest BCUT2D eigenvalue weighted by Crippen LogP contribution is 2.21. The third-order valence-electron chi connectivity index (χ3n) is 4.05. The molecule has 0 bridgehead atoms. The Morgan fingerprint density at radius 1 is 1.43 bits per heavy atom. The number of hydrogen-bond donors (Lipinski definition) is 1. The molecule has 1 saturated heterocycles. The number of pyridine rings is 1. The Hall–Kier alpha value is -1.62. The molecule has 128 valence electrons. The molecule has 2 heterocycles. The second-order valence-electron chi connectivity index (χ2n) is 7.21. The number of nitrogens with zero attached hydrogens (tertiary/aromatic N) is 2. The van der Waals surface area contributed by atoms with Crippen molar-refractivity contribution in [2.24, 2.45) is 0 Å². The van der Waals surface area contributed by atoms with Gasteiger partial charge in [0.25, 0.3) is 0 Å². The molecule has 1 N–H and O–H groups in total. The third kappa shape index (κ3) is 5.50. The fourth-order valence-electron chi connectivity index (χ4n) is 2.82. The maximum atomic E-state index is 12.4. The molecule has 0 aliphatic carbocycles. The van der Waals surface area contributed by atoms with Crippen LogP contribution >= 0.6 is 0 Å². The van der Waals surface area contributed by atoms with Gasteiger partial charge in [-0.2, -0.15) is 0 Å². The van der Waals surface area contributed by atoms with Crippen molar-refractivity contribution in [3.05, 3.63) is 30.1 Å². The van der Waals surface area contributed by atoms with Crippen molar-refractivity contribution in [3.63, 3.8) is 0 Å². The zero-order valence-electron chi connectivity index (χ0n) is 14.7. The standard InChI is InChI=1S/C18H29N3O2/c1-14(16-10-5-7-11-19-16)20-13-15-9-6-8-12-21(15)17(22)23-18(2,3)4/h5,7,10-11,14-15,20H,6,8-9,12-13H2,1-4H3. The van der Waals surface area contributed by atoms with E-state index >= 15 is 0 Å². The highest BCUT2D eigenvalue weighted by atomic mass is 16.6. The van der Waals surface area contributed by atoms with Crippen molar-refractivity contribution in [2.45, 2.75) is 64.6 Å². The molecule has 5 heteroatoms. The first-order chi connectivity index (χ1) is 10.9. The number of rotatable bonds is 4. The monoisotopic (exact) mass is 319 g/mol. The summed E-state index contributed by atoms with van der Waals surface area (Å²) >= 11 is 0. The summed E-state index contributed by atoms with van der Waals surface area (Å²) in [5, 5.41) is 3.50. The van der Waals surface area contributed by atoms with Gasteiger partial charge in [0.1, 0.15) is 5.60 Å². The quantitative estimate of drug-likeness (QED) is 0.922. The first-order valence-corrected chi connectivity index (χ1v) is 8.51. The predicted molar refractivity (Wildman–Crippen MR) is 91.2 cm³/mol. The molecule has 23 heavy (non-hydrogen) atoms. The number of carbonyl (C=O) groups is 1. The minimum absolute atomic E-state index is 0.165. The van der Waals surface area contributed by atoms with E-state index in [0.717, 1.165) is 38.0 Å². The maximum Gasteiger partial charge on any atom is 0.410 e. The lowest BCUT2D eigenvalue weighted by Crippen LogP contribution is -2.50. The smallest absolute Gasteiger partial charge is 0.410 e. The van der Waals surface area contributed by atoms with Crippen molar-refractivity contribution in [1.82, 2.24) is 15.2 Å². The number of carbonyl (C=O) groups excluding carboxylic acids is 1. The summed E-state index contributed by atoms with van der Waals surface area (Å²) < 4.78 is 5.55. The third-order valence-corrected chi connectivity index (χ3v) is 4.05. The topological polar surface area (TPSA) is 54.5 Å². The molecule has 1 aromatic heterocycles. The van der Waals surface area contributed by atoms with Crippen LogP contribution in [0, 0.1) is 0 Å². The average Bonchev–Trinajstić information content (AvgIpc) is 2.52. The number of piperidine rings is 1. The van der Waals surface area contributed by atoms with Gasteiger partial charge in [0.15, 0.2) is 0 Å². The maximum absolute atomic E-state index is 12.4. The van der Waals surface area contributed by atoms with Gasteiger partial charge in [-0.3, -0.25) is 4.98 Å². The molecule has 1 fully saturated rings. The Kier molecular flexibility index (Phi) is 5.99. The SMILES string of the molecule is CC(NCC1CCCCN1C(=O)OC(C)(C)C)c1ccccn1. The summed E-state index contributed by atoms with van der Waals surface area (Å²) in [5.41, 5.74) is 0.570. The zero-order valence-corrected chi connectivity index (χ0v) is 14.7. The molecule has 2 atom stereocenters. The summed E-state index contributed by atoms with van der Waals surface area (Å²) in [6, 6.07) is 6.28. The van der Waals surface area contributed by atoms with Gasteiger partial charge < -0.3 is 15.0 Å².